The first kappa shape index (κ1) is 20.0. The Morgan fingerprint density at radius 2 is 1.80 bits per heavy atom. The predicted octanol–water partition coefficient (Wildman–Crippen LogP) is 6.05. The monoisotopic (exact) mass is 362 g/mol. The fourth-order valence-electron chi connectivity index (χ4n) is 3.15. The molecule has 0 bridgehead atoms. The van der Waals surface area contributed by atoms with Gasteiger partial charge in [-0.3, -0.25) is 4.79 Å². The van der Waals surface area contributed by atoms with E-state index in [1.165, 1.54) is 12.0 Å². The first-order valence-corrected chi connectivity index (χ1v) is 12.5. The number of hydrogen-bond donors (Lipinski definition) is 0. The van der Waals surface area contributed by atoms with Gasteiger partial charge in [0, 0.05) is 12.3 Å². The maximum atomic E-state index is 11.9. The van der Waals surface area contributed by atoms with E-state index in [0.717, 1.165) is 25.0 Å². The fourth-order valence-corrected chi connectivity index (χ4v) is 4.20. The Hall–Kier alpha value is -1.29. The average molecular weight is 363 g/mol. The van der Waals surface area contributed by atoms with Crippen molar-refractivity contribution in [2.45, 2.75) is 90.0 Å². The summed E-state index contributed by atoms with van der Waals surface area (Å²) in [5.74, 6) is 1.13. The highest BCUT2D eigenvalue weighted by Gasteiger charge is 2.40. The van der Waals surface area contributed by atoms with Crippen LogP contribution in [0.1, 0.15) is 71.3 Å². The third-order valence-electron chi connectivity index (χ3n) is 5.76. The van der Waals surface area contributed by atoms with Crippen molar-refractivity contribution in [3.63, 3.8) is 0 Å². The minimum absolute atomic E-state index is 0.0228. The molecule has 1 aliphatic carbocycles. The van der Waals surface area contributed by atoms with E-state index in [0.29, 0.717) is 6.42 Å². The van der Waals surface area contributed by atoms with E-state index < -0.39 is 8.32 Å². The Balaban J connectivity index is 2.30. The molecule has 0 N–H and O–H groups in total. The molecule has 4 heteroatoms. The van der Waals surface area contributed by atoms with Gasteiger partial charge in [-0.05, 0) is 49.0 Å². The molecular formula is C21H34O3Si. The molecule has 2 atom stereocenters. The van der Waals surface area contributed by atoms with E-state index >= 15 is 0 Å². The zero-order valence-electron chi connectivity index (χ0n) is 16.7. The van der Waals surface area contributed by atoms with E-state index in [9.17, 15) is 4.79 Å². The number of rotatable bonds is 5. The maximum absolute atomic E-state index is 11.9. The lowest BCUT2D eigenvalue weighted by Gasteiger charge is -2.38. The fraction of sp³-hybridized carbons (Fsp3) is 0.667. The number of hydrogen-bond acceptors (Lipinski definition) is 3. The van der Waals surface area contributed by atoms with E-state index in [1.807, 2.05) is 13.0 Å². The topological polar surface area (TPSA) is 35.5 Å². The molecule has 0 aromatic heterocycles. The van der Waals surface area contributed by atoms with Crippen LogP contribution in [0, 0.1) is 0 Å². The highest BCUT2D eigenvalue weighted by atomic mass is 28.4. The third kappa shape index (κ3) is 4.87. The molecular weight excluding hydrogens is 328 g/mol. The Morgan fingerprint density at radius 1 is 1.16 bits per heavy atom. The molecule has 1 aliphatic rings. The van der Waals surface area contributed by atoms with Gasteiger partial charge in [0.2, 0.25) is 8.32 Å². The van der Waals surface area contributed by atoms with Gasteiger partial charge in [-0.15, -0.1) is 0 Å². The van der Waals surface area contributed by atoms with E-state index in [2.05, 4.69) is 52.1 Å². The second-order valence-electron chi connectivity index (χ2n) is 8.67. The molecule has 0 spiro atoms. The van der Waals surface area contributed by atoms with Crippen molar-refractivity contribution >= 4 is 14.3 Å². The third-order valence-corrected chi connectivity index (χ3v) is 10.1. The molecule has 0 amide bonds. The predicted molar refractivity (Wildman–Crippen MR) is 106 cm³/mol. The second kappa shape index (κ2) is 7.94. The van der Waals surface area contributed by atoms with Crippen molar-refractivity contribution in [1.82, 2.24) is 0 Å². The standard InChI is InChI=1S/C21H34O3Si/c1-7-20(22)23-18-14-10-8-12-16(18)17-13-9-11-15-19(17)24-25(5,6)21(2,3)4/h9,11,13,15-16,18H,7-8,10,12,14H2,1-6H3/t16-,18+/m0/s1. The Kier molecular flexibility index (Phi) is 6.36. The number of benzene rings is 1. The van der Waals surface area contributed by atoms with Gasteiger partial charge in [0.25, 0.3) is 0 Å². The summed E-state index contributed by atoms with van der Waals surface area (Å²) in [5, 5.41) is 0.154. The number of carbonyl (C=O) groups is 1. The molecule has 0 aliphatic heterocycles. The van der Waals surface area contributed by atoms with Gasteiger partial charge in [0.15, 0.2) is 0 Å². The average Bonchev–Trinajstić information content (AvgIpc) is 2.54. The van der Waals surface area contributed by atoms with Crippen LogP contribution < -0.4 is 4.43 Å². The van der Waals surface area contributed by atoms with Crippen molar-refractivity contribution in [2.75, 3.05) is 0 Å². The van der Waals surface area contributed by atoms with Crippen LogP contribution in [-0.2, 0) is 9.53 Å². The summed E-state index contributed by atoms with van der Waals surface area (Å²) in [6.07, 6.45) is 4.73. The van der Waals surface area contributed by atoms with Crippen molar-refractivity contribution in [3.05, 3.63) is 29.8 Å². The number of para-hydroxylation sites is 1. The number of ether oxygens (including phenoxy) is 1. The summed E-state index contributed by atoms with van der Waals surface area (Å²) >= 11 is 0. The zero-order valence-corrected chi connectivity index (χ0v) is 17.7. The van der Waals surface area contributed by atoms with E-state index in [1.54, 1.807) is 0 Å². The van der Waals surface area contributed by atoms with Crippen molar-refractivity contribution in [1.29, 1.82) is 0 Å². The van der Waals surface area contributed by atoms with Gasteiger partial charge in [0.1, 0.15) is 11.9 Å². The molecule has 0 heterocycles. The zero-order chi connectivity index (χ0) is 18.7. The van der Waals surface area contributed by atoms with E-state index in [-0.39, 0.29) is 23.0 Å². The summed E-state index contributed by atoms with van der Waals surface area (Å²) in [7, 11) is -1.91. The van der Waals surface area contributed by atoms with Crippen LogP contribution in [0.5, 0.6) is 5.75 Å². The molecule has 1 saturated carbocycles. The van der Waals surface area contributed by atoms with E-state index in [4.69, 9.17) is 9.16 Å². The highest BCUT2D eigenvalue weighted by Crippen LogP contribution is 2.43. The molecule has 1 aromatic carbocycles. The number of carbonyl (C=O) groups excluding carboxylic acids is 1. The summed E-state index contributed by atoms with van der Waals surface area (Å²) in [5.41, 5.74) is 1.21. The lowest BCUT2D eigenvalue weighted by molar-refractivity contribution is -0.151. The maximum Gasteiger partial charge on any atom is 0.305 e. The normalized spacial score (nSPS) is 21.7. The quantitative estimate of drug-likeness (QED) is 0.472. The van der Waals surface area contributed by atoms with Gasteiger partial charge in [0.05, 0.1) is 0 Å². The smallest absolute Gasteiger partial charge is 0.305 e. The van der Waals surface area contributed by atoms with Crippen LogP contribution in [0.3, 0.4) is 0 Å². The number of esters is 1. The molecule has 1 fully saturated rings. The largest absolute Gasteiger partial charge is 0.543 e. The lowest BCUT2D eigenvalue weighted by atomic mass is 9.81. The van der Waals surface area contributed by atoms with Crippen molar-refractivity contribution in [3.8, 4) is 5.75 Å². The molecule has 0 radical (unpaired) electrons. The van der Waals surface area contributed by atoms with Crippen LogP contribution in [-0.4, -0.2) is 20.4 Å². The van der Waals surface area contributed by atoms with Crippen LogP contribution >= 0.6 is 0 Å². The lowest BCUT2D eigenvalue weighted by Crippen LogP contribution is -2.44. The summed E-state index contributed by atoms with van der Waals surface area (Å²) in [4.78, 5) is 11.9. The molecule has 2 rings (SSSR count). The summed E-state index contributed by atoms with van der Waals surface area (Å²) < 4.78 is 12.4. The SMILES string of the molecule is CCC(=O)O[C@@H]1CCCC[C@H]1c1ccccc1O[Si](C)(C)C(C)(C)C. The van der Waals surface area contributed by atoms with Crippen LogP contribution in [0.2, 0.25) is 18.1 Å². The first-order chi connectivity index (χ1) is 11.7. The molecule has 1 aromatic rings. The van der Waals surface area contributed by atoms with Gasteiger partial charge in [-0.25, -0.2) is 0 Å². The van der Waals surface area contributed by atoms with Gasteiger partial charge < -0.3 is 9.16 Å². The molecule has 140 valence electrons. The van der Waals surface area contributed by atoms with Gasteiger partial charge >= 0.3 is 5.97 Å². The highest BCUT2D eigenvalue weighted by molar-refractivity contribution is 6.74. The van der Waals surface area contributed by atoms with Crippen LogP contribution in [0.15, 0.2) is 24.3 Å². The minimum atomic E-state index is -1.91. The van der Waals surface area contributed by atoms with Crippen LogP contribution in [0.4, 0.5) is 0 Å². The molecule has 0 saturated heterocycles. The molecule has 0 unspecified atom stereocenters. The Bertz CT molecular complexity index is 589. The van der Waals surface area contributed by atoms with Crippen molar-refractivity contribution < 1.29 is 14.0 Å². The summed E-state index contributed by atoms with van der Waals surface area (Å²) in [6.45, 7) is 13.2. The Labute approximate surface area is 154 Å². The summed E-state index contributed by atoms with van der Waals surface area (Å²) in [6, 6.07) is 8.36. The van der Waals surface area contributed by atoms with Crippen molar-refractivity contribution in [2.24, 2.45) is 0 Å². The van der Waals surface area contributed by atoms with Gasteiger partial charge in [-0.2, -0.15) is 0 Å². The molecule has 25 heavy (non-hydrogen) atoms. The second-order valence-corrected chi connectivity index (χ2v) is 13.4. The minimum Gasteiger partial charge on any atom is -0.543 e. The van der Waals surface area contributed by atoms with Crippen LogP contribution in [0.25, 0.3) is 0 Å². The Morgan fingerprint density at radius 3 is 2.44 bits per heavy atom. The first-order valence-electron chi connectivity index (χ1n) is 9.63. The molecule has 3 nitrogen and oxygen atoms in total. The van der Waals surface area contributed by atoms with Gasteiger partial charge in [-0.1, -0.05) is 52.3 Å².